The largest absolute Gasteiger partial charge is 0.319 e. The van der Waals surface area contributed by atoms with Gasteiger partial charge in [0.2, 0.25) is 0 Å². The highest BCUT2D eigenvalue weighted by Crippen LogP contribution is 2.55. The Hall–Kier alpha value is -5.68. The molecule has 0 N–H and O–H groups in total. The smallest absolute Gasteiger partial charge is 0.273 e. The van der Waals surface area contributed by atoms with E-state index >= 15 is 0 Å². The lowest BCUT2D eigenvalue weighted by molar-refractivity contribution is 0.541. The normalized spacial score (nSPS) is 15.2. The van der Waals surface area contributed by atoms with Gasteiger partial charge < -0.3 is 19.3 Å². The Morgan fingerprint density at radius 3 is 1.80 bits per heavy atom. The summed E-state index contributed by atoms with van der Waals surface area (Å²) < 4.78 is 2.52. The average molecular weight is 591 g/mol. The highest BCUT2D eigenvalue weighted by atomic mass is 15.5. The fourth-order valence-electron chi connectivity index (χ4n) is 8.55. The van der Waals surface area contributed by atoms with Crippen LogP contribution in [0.3, 0.4) is 0 Å². The molecule has 0 saturated carbocycles. The molecule has 0 amide bonds. The minimum atomic E-state index is -0.343. The molecular weight excluding hydrogens is 559 g/mol. The maximum absolute atomic E-state index is 2.60. The molecule has 0 saturated heterocycles. The number of benzene rings is 6. The van der Waals surface area contributed by atoms with Crippen LogP contribution >= 0.6 is 0 Å². The topological polar surface area (TPSA) is 14.7 Å². The number of hydrogen-bond donors (Lipinski definition) is 0. The van der Waals surface area contributed by atoms with Crippen LogP contribution in [0.4, 0.5) is 39.8 Å². The summed E-state index contributed by atoms with van der Waals surface area (Å²) in [7, 11) is 0. The summed E-state index contributed by atoms with van der Waals surface area (Å²) in [6.45, 7) is 4.74. The van der Waals surface area contributed by atoms with Crippen LogP contribution in [0.5, 0.6) is 0 Å². The molecule has 1 aromatic heterocycles. The molecule has 3 aliphatic rings. The first-order valence-corrected chi connectivity index (χ1v) is 16.1. The standard InChI is InChI=1S/C41H31BN4/c1-41(2)45(30-20-10-5-11-21-30)36-27-14-23-32-39(36)46(41)35-26-15-25-34-37(35)42(32)40-38(43(34)28-16-6-3-7-17-28)31-22-12-13-24-33(31)44(40)29-18-8-4-9-19-29/h3-27H,1-2H3. The highest BCUT2D eigenvalue weighted by Gasteiger charge is 2.53. The predicted octanol–water partition coefficient (Wildman–Crippen LogP) is 8.27. The van der Waals surface area contributed by atoms with E-state index < -0.39 is 0 Å². The number of hydrogen-bond acceptors (Lipinski definition) is 3. The number of rotatable bonds is 3. The van der Waals surface area contributed by atoms with Crippen molar-refractivity contribution in [1.82, 2.24) is 4.57 Å². The predicted molar refractivity (Wildman–Crippen MR) is 194 cm³/mol. The molecule has 0 unspecified atom stereocenters. The first kappa shape index (κ1) is 25.6. The van der Waals surface area contributed by atoms with Crippen LogP contribution in [0.25, 0.3) is 16.6 Å². The van der Waals surface area contributed by atoms with Gasteiger partial charge >= 0.3 is 0 Å². The summed E-state index contributed by atoms with van der Waals surface area (Å²) in [5.74, 6) is 0. The molecule has 6 aromatic carbocycles. The summed E-state index contributed by atoms with van der Waals surface area (Å²) in [5, 5.41) is 1.25. The van der Waals surface area contributed by atoms with Crippen LogP contribution in [0.2, 0.25) is 0 Å². The molecule has 218 valence electrons. The average Bonchev–Trinajstić information content (AvgIpc) is 3.57. The Labute approximate surface area is 269 Å². The lowest BCUT2D eigenvalue weighted by Crippen LogP contribution is -2.64. The van der Waals surface area contributed by atoms with E-state index in [9.17, 15) is 0 Å². The molecule has 4 heterocycles. The van der Waals surface area contributed by atoms with E-state index in [1.165, 1.54) is 67.2 Å². The lowest BCUT2D eigenvalue weighted by atomic mass is 9.35. The van der Waals surface area contributed by atoms with Gasteiger partial charge in [0.25, 0.3) is 6.71 Å². The maximum Gasteiger partial charge on any atom is 0.273 e. The van der Waals surface area contributed by atoms with Gasteiger partial charge in [0.1, 0.15) is 5.66 Å². The maximum atomic E-state index is 2.60. The van der Waals surface area contributed by atoms with Crippen LogP contribution in [0.1, 0.15) is 13.8 Å². The number of aromatic nitrogens is 1. The Morgan fingerprint density at radius 1 is 0.478 bits per heavy atom. The summed E-state index contributed by atoms with van der Waals surface area (Å²) in [5.41, 5.74) is 14.7. The zero-order chi connectivity index (χ0) is 30.6. The van der Waals surface area contributed by atoms with Gasteiger partial charge in [-0.05, 0) is 85.4 Å². The SMILES string of the molecule is CC1(C)N(c2ccccc2)c2cccc3c2N1c1cccc2c1B3c1c(c3ccccc3n1-c1ccccc1)N2c1ccccc1. The van der Waals surface area contributed by atoms with Gasteiger partial charge in [0, 0.05) is 39.4 Å². The van der Waals surface area contributed by atoms with E-state index in [1.807, 2.05) is 0 Å². The van der Waals surface area contributed by atoms with E-state index in [-0.39, 0.29) is 12.4 Å². The summed E-state index contributed by atoms with van der Waals surface area (Å²) in [6.07, 6.45) is 0. The summed E-state index contributed by atoms with van der Waals surface area (Å²) in [4.78, 5) is 7.63. The van der Waals surface area contributed by atoms with Crippen molar-refractivity contribution in [2.75, 3.05) is 14.7 Å². The molecule has 5 heteroatoms. The van der Waals surface area contributed by atoms with Crippen LogP contribution in [0, 0.1) is 0 Å². The highest BCUT2D eigenvalue weighted by molar-refractivity contribution is 7.00. The molecule has 46 heavy (non-hydrogen) atoms. The third kappa shape index (κ3) is 3.19. The molecule has 0 aliphatic carbocycles. The van der Waals surface area contributed by atoms with Crippen molar-refractivity contribution in [2.24, 2.45) is 0 Å². The van der Waals surface area contributed by atoms with Crippen molar-refractivity contribution in [3.05, 3.63) is 152 Å². The molecule has 10 rings (SSSR count). The summed E-state index contributed by atoms with van der Waals surface area (Å²) >= 11 is 0. The zero-order valence-corrected chi connectivity index (χ0v) is 25.8. The molecule has 0 bridgehead atoms. The summed E-state index contributed by atoms with van der Waals surface area (Å²) in [6, 6.07) is 55.4. The van der Waals surface area contributed by atoms with Crippen molar-refractivity contribution < 1.29 is 0 Å². The van der Waals surface area contributed by atoms with E-state index in [0.29, 0.717) is 0 Å². The van der Waals surface area contributed by atoms with Gasteiger partial charge in [0.05, 0.1) is 22.6 Å². The Balaban J connectivity index is 1.37. The lowest BCUT2D eigenvalue weighted by Gasteiger charge is -2.46. The fourth-order valence-corrected chi connectivity index (χ4v) is 8.55. The molecular formula is C41H31BN4. The zero-order valence-electron chi connectivity index (χ0n) is 25.8. The molecule has 3 aliphatic heterocycles. The molecule has 0 spiro atoms. The quantitative estimate of drug-likeness (QED) is 0.193. The molecule has 0 fully saturated rings. The van der Waals surface area contributed by atoms with Gasteiger partial charge in [-0.15, -0.1) is 0 Å². The van der Waals surface area contributed by atoms with Crippen molar-refractivity contribution in [3.8, 4) is 5.69 Å². The second kappa shape index (κ2) is 9.18. The number of para-hydroxylation sites is 5. The minimum Gasteiger partial charge on any atom is -0.319 e. The number of fused-ring (bicyclic) bond motifs is 6. The molecule has 4 nitrogen and oxygen atoms in total. The van der Waals surface area contributed by atoms with Gasteiger partial charge in [-0.2, -0.15) is 0 Å². The van der Waals surface area contributed by atoms with Gasteiger partial charge in [-0.1, -0.05) is 91.0 Å². The van der Waals surface area contributed by atoms with Gasteiger partial charge in [-0.3, -0.25) is 0 Å². The van der Waals surface area contributed by atoms with Crippen LogP contribution in [-0.4, -0.2) is 16.9 Å². The van der Waals surface area contributed by atoms with E-state index in [4.69, 9.17) is 0 Å². The number of nitrogens with zero attached hydrogens (tertiary/aromatic N) is 4. The monoisotopic (exact) mass is 590 g/mol. The molecule has 0 atom stereocenters. The van der Waals surface area contributed by atoms with Crippen molar-refractivity contribution in [3.63, 3.8) is 0 Å². The van der Waals surface area contributed by atoms with Crippen LogP contribution in [-0.2, 0) is 0 Å². The van der Waals surface area contributed by atoms with E-state index in [2.05, 4.69) is 185 Å². The van der Waals surface area contributed by atoms with E-state index in [1.54, 1.807) is 0 Å². The van der Waals surface area contributed by atoms with Crippen molar-refractivity contribution in [1.29, 1.82) is 0 Å². The second-order valence-electron chi connectivity index (χ2n) is 13.0. The first-order valence-electron chi connectivity index (χ1n) is 16.1. The first-order chi connectivity index (χ1) is 22.6. The van der Waals surface area contributed by atoms with Crippen molar-refractivity contribution >= 4 is 73.9 Å². The van der Waals surface area contributed by atoms with Crippen molar-refractivity contribution in [2.45, 2.75) is 19.5 Å². The second-order valence-corrected chi connectivity index (χ2v) is 13.0. The fraction of sp³-hybridized carbons (Fsp3) is 0.0732. The van der Waals surface area contributed by atoms with Crippen LogP contribution in [0.15, 0.2) is 152 Å². The third-order valence-corrected chi connectivity index (χ3v) is 10.2. The van der Waals surface area contributed by atoms with Crippen LogP contribution < -0.4 is 31.2 Å². The van der Waals surface area contributed by atoms with E-state index in [0.717, 1.165) is 5.69 Å². The Morgan fingerprint density at radius 2 is 1.07 bits per heavy atom. The minimum absolute atomic E-state index is 0.0338. The Bertz CT molecular complexity index is 2310. The molecule has 7 aromatic rings. The number of anilines is 7. The molecule has 0 radical (unpaired) electrons. The Kier molecular flexibility index (Phi) is 5.11. The van der Waals surface area contributed by atoms with Gasteiger partial charge in [0.15, 0.2) is 0 Å². The third-order valence-electron chi connectivity index (χ3n) is 10.2. The van der Waals surface area contributed by atoms with Gasteiger partial charge in [-0.25, -0.2) is 0 Å².